The number of likely N-dealkylation sites (tertiary alicyclic amines) is 2. The van der Waals surface area contributed by atoms with Crippen LogP contribution in [0.15, 0.2) is 79.5 Å². The fourth-order valence-corrected chi connectivity index (χ4v) is 7.31. The number of hydrogen-bond donors (Lipinski definition) is 3. The second-order valence-corrected chi connectivity index (χ2v) is 15.5. The minimum Gasteiger partial charge on any atom is -0.365 e. The number of primary amides is 1. The lowest BCUT2D eigenvalue weighted by Gasteiger charge is -2.36. The monoisotopic (exact) mass is 749 g/mol. The van der Waals surface area contributed by atoms with Crippen LogP contribution in [0.4, 0.5) is 0 Å². The fourth-order valence-electron chi connectivity index (χ4n) is 5.75. The molecule has 15 heteroatoms. The van der Waals surface area contributed by atoms with Crippen LogP contribution < -0.4 is 5.73 Å². The Morgan fingerprint density at radius 2 is 1.83 bits per heavy atom. The Labute approximate surface area is 308 Å². The molecule has 0 aliphatic carbocycles. The number of hydrogen-bond acceptors (Lipinski definition) is 9. The molecule has 0 saturated carbocycles. The van der Waals surface area contributed by atoms with E-state index in [9.17, 15) is 18.9 Å². The standard InChI is InChI=1S/C13H17N3O.C10H10NO4PS.C9H10N2O.C5H11N/c1-2-15(6-3-9-17)11-12-4-7-16-8-5-14-13(16)10-12;11-10(12)9-4-7-3-6(5-16(13,14)15)1-2-8(7)17-9;12-7-11-5-9(6-11)8-2-1-3-10-4-8;1-6-4-2-3-5-6/h4-5,7-10H,2-3,6,11H2,1H3;1-4H,5H2,(H2,11,12)(H2,13,14,15);1-4,7,9H,5-6H2;2-5H2,1H3. The van der Waals surface area contributed by atoms with Gasteiger partial charge < -0.3 is 34.5 Å². The van der Waals surface area contributed by atoms with Crippen LogP contribution >= 0.6 is 18.9 Å². The van der Waals surface area contributed by atoms with Gasteiger partial charge in [0, 0.05) is 74.2 Å². The number of aromatic nitrogens is 3. The molecule has 52 heavy (non-hydrogen) atoms. The van der Waals surface area contributed by atoms with Crippen LogP contribution in [-0.4, -0.2) is 104 Å². The second-order valence-electron chi connectivity index (χ2n) is 12.8. The van der Waals surface area contributed by atoms with Crippen LogP contribution in [0.5, 0.6) is 0 Å². The van der Waals surface area contributed by atoms with E-state index < -0.39 is 13.5 Å². The van der Waals surface area contributed by atoms with Crippen molar-refractivity contribution in [2.24, 2.45) is 5.73 Å². The zero-order valence-electron chi connectivity index (χ0n) is 29.7. The topological polar surface area (TPSA) is 175 Å². The van der Waals surface area contributed by atoms with Crippen LogP contribution in [0.1, 0.15) is 58.5 Å². The molecule has 4 aromatic heterocycles. The van der Waals surface area contributed by atoms with Crippen molar-refractivity contribution in [2.45, 2.75) is 44.8 Å². The van der Waals surface area contributed by atoms with Crippen LogP contribution in [0.3, 0.4) is 0 Å². The van der Waals surface area contributed by atoms with E-state index >= 15 is 0 Å². The molecule has 2 saturated heterocycles. The van der Waals surface area contributed by atoms with Crippen molar-refractivity contribution >= 4 is 53.3 Å². The van der Waals surface area contributed by atoms with Gasteiger partial charge in [-0.05, 0) is 98.0 Å². The van der Waals surface area contributed by atoms with E-state index in [-0.39, 0.29) is 6.16 Å². The maximum absolute atomic E-state index is 11.0. The van der Waals surface area contributed by atoms with Crippen LogP contribution in [0.25, 0.3) is 15.7 Å². The predicted molar refractivity (Wildman–Crippen MR) is 204 cm³/mol. The number of imidazole rings is 1. The lowest BCUT2D eigenvalue weighted by Crippen LogP contribution is -2.43. The first-order valence-electron chi connectivity index (χ1n) is 17.2. The largest absolute Gasteiger partial charge is 0.365 e. The summed E-state index contributed by atoms with van der Waals surface area (Å²) in [6.07, 6.45) is 14.4. The Balaban J connectivity index is 0.000000163. The van der Waals surface area contributed by atoms with Crippen molar-refractivity contribution < 1.29 is 28.7 Å². The number of fused-ring (bicyclic) bond motifs is 2. The highest BCUT2D eigenvalue weighted by atomic mass is 32.1. The van der Waals surface area contributed by atoms with E-state index in [1.807, 2.05) is 29.1 Å². The summed E-state index contributed by atoms with van der Waals surface area (Å²) in [7, 11) is -1.89. The van der Waals surface area contributed by atoms with Gasteiger partial charge >= 0.3 is 7.60 Å². The van der Waals surface area contributed by atoms with Crippen molar-refractivity contribution in [1.29, 1.82) is 0 Å². The molecular formula is C37H48N7O6PS. The third kappa shape index (κ3) is 13.0. The zero-order chi connectivity index (χ0) is 37.5. The minimum atomic E-state index is -4.07. The highest BCUT2D eigenvalue weighted by Crippen LogP contribution is 2.40. The number of benzene rings is 1. The van der Waals surface area contributed by atoms with Crippen molar-refractivity contribution in [2.75, 3.05) is 46.3 Å². The summed E-state index contributed by atoms with van der Waals surface area (Å²) in [5.41, 5.74) is 9.14. The summed E-state index contributed by atoms with van der Waals surface area (Å²) in [6.45, 7) is 9.07. The van der Waals surface area contributed by atoms with Gasteiger partial charge in [-0.15, -0.1) is 11.3 Å². The quantitative estimate of drug-likeness (QED) is 0.126. The number of thiophene rings is 1. The summed E-state index contributed by atoms with van der Waals surface area (Å²) in [6, 6.07) is 14.8. The summed E-state index contributed by atoms with van der Waals surface area (Å²) in [5.74, 6) is 0.00615. The molecule has 0 bridgehead atoms. The maximum Gasteiger partial charge on any atom is 0.329 e. The first-order chi connectivity index (χ1) is 25.0. The van der Waals surface area contributed by atoms with Gasteiger partial charge in [-0.1, -0.05) is 19.1 Å². The second kappa shape index (κ2) is 20.1. The summed E-state index contributed by atoms with van der Waals surface area (Å²) < 4.78 is 13.7. The molecule has 2 aliphatic heterocycles. The summed E-state index contributed by atoms with van der Waals surface area (Å²) in [4.78, 5) is 64.5. The first kappa shape index (κ1) is 40.5. The van der Waals surface area contributed by atoms with E-state index in [4.69, 9.17) is 15.5 Å². The molecule has 0 radical (unpaired) electrons. The van der Waals surface area contributed by atoms with Gasteiger partial charge in [0.25, 0.3) is 5.91 Å². The first-order valence-corrected chi connectivity index (χ1v) is 19.8. The van der Waals surface area contributed by atoms with Crippen LogP contribution in [0.2, 0.25) is 0 Å². The Morgan fingerprint density at radius 3 is 2.42 bits per heavy atom. The van der Waals surface area contributed by atoms with E-state index in [1.54, 1.807) is 41.6 Å². The molecule has 2 fully saturated rings. The van der Waals surface area contributed by atoms with E-state index in [2.05, 4.69) is 51.9 Å². The number of rotatable bonds is 11. The minimum absolute atomic E-state index is 0.301. The summed E-state index contributed by atoms with van der Waals surface area (Å²) >= 11 is 1.26. The molecule has 0 spiro atoms. The van der Waals surface area contributed by atoms with Crippen LogP contribution in [0, 0.1) is 0 Å². The lowest BCUT2D eigenvalue weighted by molar-refractivity contribution is -0.122. The Hall–Kier alpha value is -4.30. The van der Waals surface area contributed by atoms with Gasteiger partial charge in [-0.2, -0.15) is 0 Å². The Morgan fingerprint density at radius 1 is 1.06 bits per heavy atom. The highest BCUT2D eigenvalue weighted by molar-refractivity contribution is 7.50. The SMILES string of the molecule is CCN(CCC=O)Cc1ccn2ccnc2c1.CN1CCCC1.NC(=O)c1cc2cc(CP(=O)(O)O)ccc2s1.O=CN1CC(c2cccnc2)C1. The number of amides is 2. The Kier molecular flexibility index (Phi) is 15.6. The van der Waals surface area contributed by atoms with Gasteiger partial charge in [-0.3, -0.25) is 24.0 Å². The molecule has 278 valence electrons. The van der Waals surface area contributed by atoms with Gasteiger partial charge in [0.2, 0.25) is 6.41 Å². The molecule has 1 aromatic carbocycles. The fraction of sp³-hybridized carbons (Fsp3) is 0.378. The van der Waals surface area contributed by atoms with Crippen molar-refractivity contribution in [1.82, 2.24) is 29.1 Å². The van der Waals surface area contributed by atoms with Crippen molar-refractivity contribution in [3.05, 3.63) is 101 Å². The number of nitrogens with zero attached hydrogens (tertiary/aromatic N) is 6. The number of carbonyl (C=O) groups is 3. The van der Waals surface area contributed by atoms with E-state index in [1.165, 1.54) is 48.4 Å². The molecule has 5 aromatic rings. The summed E-state index contributed by atoms with van der Waals surface area (Å²) in [5, 5.41) is 0.773. The lowest BCUT2D eigenvalue weighted by atomic mass is 9.94. The van der Waals surface area contributed by atoms with Gasteiger partial charge in [-0.25, -0.2) is 4.98 Å². The molecule has 13 nitrogen and oxygen atoms in total. The molecule has 4 N–H and O–H groups in total. The normalized spacial score (nSPS) is 14.4. The molecule has 2 amide bonds. The van der Waals surface area contributed by atoms with Gasteiger partial charge in [0.05, 0.1) is 11.0 Å². The maximum atomic E-state index is 11.0. The molecule has 6 heterocycles. The zero-order valence-corrected chi connectivity index (χ0v) is 31.4. The van der Waals surface area contributed by atoms with Crippen molar-refractivity contribution in [3.63, 3.8) is 0 Å². The number of aldehydes is 1. The highest BCUT2D eigenvalue weighted by Gasteiger charge is 2.26. The van der Waals surface area contributed by atoms with Gasteiger partial charge in [0.15, 0.2) is 0 Å². The number of carbonyl (C=O) groups excluding carboxylic acids is 3. The number of pyridine rings is 2. The Bertz CT molecular complexity index is 1920. The third-order valence-electron chi connectivity index (χ3n) is 8.64. The van der Waals surface area contributed by atoms with Crippen LogP contribution in [-0.2, 0) is 26.9 Å². The van der Waals surface area contributed by atoms with E-state index in [0.29, 0.717) is 22.8 Å². The smallest absolute Gasteiger partial charge is 0.329 e. The molecule has 2 aliphatic rings. The molecular weight excluding hydrogens is 701 g/mol. The predicted octanol–water partition coefficient (Wildman–Crippen LogP) is 4.77. The average Bonchev–Trinajstić information content (AvgIpc) is 3.88. The molecule has 0 unspecified atom stereocenters. The van der Waals surface area contributed by atoms with E-state index in [0.717, 1.165) is 61.2 Å². The van der Waals surface area contributed by atoms with Crippen molar-refractivity contribution in [3.8, 4) is 0 Å². The molecule has 0 atom stereocenters. The third-order valence-corrected chi connectivity index (χ3v) is 10.5. The van der Waals surface area contributed by atoms with Gasteiger partial charge in [0.1, 0.15) is 11.9 Å². The number of nitrogens with two attached hydrogens (primary N) is 1. The average molecular weight is 750 g/mol. The molecule has 7 rings (SSSR count).